The Hall–Kier alpha value is -3.51. The molecule has 4 rings (SSSR count). The average Bonchev–Trinajstić information content (AvgIpc) is 2.90. The van der Waals surface area contributed by atoms with Gasteiger partial charge in [-0.05, 0) is 41.8 Å². The summed E-state index contributed by atoms with van der Waals surface area (Å²) in [6.07, 6.45) is 0.398. The van der Waals surface area contributed by atoms with Crippen LogP contribution in [-0.2, 0) is 14.8 Å². The molecule has 1 aliphatic heterocycles. The Labute approximate surface area is 206 Å². The molecule has 0 aromatic heterocycles. The van der Waals surface area contributed by atoms with Crippen molar-refractivity contribution in [2.45, 2.75) is 23.3 Å². The van der Waals surface area contributed by atoms with E-state index in [0.29, 0.717) is 31.6 Å². The Morgan fingerprint density at radius 1 is 0.943 bits per heavy atom. The van der Waals surface area contributed by atoms with E-state index >= 15 is 0 Å². The molecule has 0 spiro atoms. The molecular formula is C27H28N4O3S. The number of piperidine rings is 1. The summed E-state index contributed by atoms with van der Waals surface area (Å²) in [5.74, 6) is -0.440. The second kappa shape index (κ2) is 11.3. The van der Waals surface area contributed by atoms with E-state index in [-0.39, 0.29) is 22.6 Å². The molecule has 1 amide bonds. The molecule has 1 fully saturated rings. The van der Waals surface area contributed by atoms with Gasteiger partial charge in [0, 0.05) is 31.6 Å². The van der Waals surface area contributed by atoms with Crippen molar-refractivity contribution in [3.8, 4) is 6.07 Å². The van der Waals surface area contributed by atoms with Gasteiger partial charge in [0.15, 0.2) is 0 Å². The van der Waals surface area contributed by atoms with Crippen LogP contribution < -0.4 is 15.4 Å². The quantitative estimate of drug-likeness (QED) is 0.452. The summed E-state index contributed by atoms with van der Waals surface area (Å²) in [6, 6.07) is 27.4. The second-order valence-corrected chi connectivity index (χ2v) is 10.4. The van der Waals surface area contributed by atoms with Crippen molar-refractivity contribution in [3.63, 3.8) is 0 Å². The van der Waals surface area contributed by atoms with Crippen LogP contribution in [0.25, 0.3) is 0 Å². The van der Waals surface area contributed by atoms with Crippen molar-refractivity contribution >= 4 is 15.9 Å². The third-order valence-corrected chi connectivity index (χ3v) is 7.76. The maximum absolute atomic E-state index is 13.1. The van der Waals surface area contributed by atoms with Crippen LogP contribution in [0, 0.1) is 17.2 Å². The predicted molar refractivity (Wildman–Crippen MR) is 134 cm³/mol. The maximum Gasteiger partial charge on any atom is 0.240 e. The smallest absolute Gasteiger partial charge is 0.240 e. The molecule has 35 heavy (non-hydrogen) atoms. The number of benzene rings is 3. The predicted octanol–water partition coefficient (Wildman–Crippen LogP) is 2.76. The summed E-state index contributed by atoms with van der Waals surface area (Å²) in [4.78, 5) is 13.2. The highest BCUT2D eigenvalue weighted by Crippen LogP contribution is 2.24. The van der Waals surface area contributed by atoms with Crippen molar-refractivity contribution in [2.75, 3.05) is 19.6 Å². The van der Waals surface area contributed by atoms with Crippen LogP contribution in [0.3, 0.4) is 0 Å². The monoisotopic (exact) mass is 488 g/mol. The molecule has 3 aromatic rings. The zero-order valence-electron chi connectivity index (χ0n) is 19.2. The normalized spacial score (nSPS) is 18.1. The third kappa shape index (κ3) is 6.34. The van der Waals surface area contributed by atoms with Gasteiger partial charge >= 0.3 is 0 Å². The minimum atomic E-state index is -3.76. The lowest BCUT2D eigenvalue weighted by Crippen LogP contribution is -2.52. The van der Waals surface area contributed by atoms with Gasteiger partial charge in [0.05, 0.1) is 22.4 Å². The number of carbonyl (C=O) groups is 1. The first-order valence-electron chi connectivity index (χ1n) is 11.6. The fraction of sp³-hybridized carbons (Fsp3) is 0.259. The Morgan fingerprint density at radius 2 is 1.54 bits per heavy atom. The Morgan fingerprint density at radius 3 is 2.11 bits per heavy atom. The first-order chi connectivity index (χ1) is 17.0. The lowest BCUT2D eigenvalue weighted by molar-refractivity contribution is -0.125. The number of nitrogens with one attached hydrogen (secondary N) is 3. The number of carbonyl (C=O) groups excluding carboxylic acids is 1. The number of sulfonamides is 1. The van der Waals surface area contributed by atoms with Crippen molar-refractivity contribution in [1.82, 2.24) is 15.4 Å². The van der Waals surface area contributed by atoms with Gasteiger partial charge in [-0.1, -0.05) is 60.7 Å². The van der Waals surface area contributed by atoms with E-state index < -0.39 is 16.1 Å². The van der Waals surface area contributed by atoms with Crippen molar-refractivity contribution in [2.24, 2.45) is 5.92 Å². The lowest BCUT2D eigenvalue weighted by atomic mass is 9.90. The standard InChI is InChI=1S/C27H28N4O3S/c28-16-20-11-13-25(14-12-20)35(33,34)31-24-15-23(17-29-18-24)27(32)30-19-26(21-7-3-1-4-8-21)22-9-5-2-6-10-22/h1-14,23-24,26,29,31H,15,17-19H2,(H,30,32)/t23-,24+/m0/s1. The van der Waals surface area contributed by atoms with Crippen LogP contribution in [0.4, 0.5) is 0 Å². The van der Waals surface area contributed by atoms with E-state index in [0.717, 1.165) is 11.1 Å². The van der Waals surface area contributed by atoms with E-state index in [2.05, 4.69) is 39.6 Å². The van der Waals surface area contributed by atoms with Crippen molar-refractivity contribution in [3.05, 3.63) is 102 Å². The number of rotatable bonds is 8. The highest BCUT2D eigenvalue weighted by molar-refractivity contribution is 7.89. The van der Waals surface area contributed by atoms with Crippen LogP contribution in [-0.4, -0.2) is 40.0 Å². The highest BCUT2D eigenvalue weighted by Gasteiger charge is 2.30. The van der Waals surface area contributed by atoms with Crippen LogP contribution >= 0.6 is 0 Å². The first-order valence-corrected chi connectivity index (χ1v) is 13.1. The molecule has 0 unspecified atom stereocenters. The molecule has 7 nitrogen and oxygen atoms in total. The number of nitriles is 1. The minimum Gasteiger partial charge on any atom is -0.355 e. The average molecular weight is 489 g/mol. The summed E-state index contributed by atoms with van der Waals surface area (Å²) in [7, 11) is -3.76. The fourth-order valence-corrected chi connectivity index (χ4v) is 5.62. The highest BCUT2D eigenvalue weighted by atomic mass is 32.2. The van der Waals surface area contributed by atoms with E-state index in [1.807, 2.05) is 42.5 Å². The van der Waals surface area contributed by atoms with E-state index in [4.69, 9.17) is 5.26 Å². The molecule has 1 heterocycles. The van der Waals surface area contributed by atoms with Gasteiger partial charge in [-0.15, -0.1) is 0 Å². The molecule has 2 atom stereocenters. The van der Waals surface area contributed by atoms with Crippen LogP contribution in [0.5, 0.6) is 0 Å². The van der Waals surface area contributed by atoms with Gasteiger partial charge in [0.25, 0.3) is 0 Å². The molecule has 3 aromatic carbocycles. The first kappa shape index (κ1) is 24.6. The molecule has 0 aliphatic carbocycles. The molecule has 180 valence electrons. The summed E-state index contributed by atoms with van der Waals surface area (Å²) < 4.78 is 28.3. The van der Waals surface area contributed by atoms with E-state index in [9.17, 15) is 13.2 Å². The molecule has 8 heteroatoms. The molecule has 1 aliphatic rings. The molecule has 0 saturated carbocycles. The summed E-state index contributed by atoms with van der Waals surface area (Å²) in [6.45, 7) is 1.38. The zero-order chi connectivity index (χ0) is 24.7. The Balaban J connectivity index is 1.39. The number of hydrogen-bond acceptors (Lipinski definition) is 5. The Kier molecular flexibility index (Phi) is 7.93. The number of amides is 1. The third-order valence-electron chi connectivity index (χ3n) is 6.22. The molecular weight excluding hydrogens is 460 g/mol. The summed E-state index contributed by atoms with van der Waals surface area (Å²) >= 11 is 0. The SMILES string of the molecule is N#Cc1ccc(S(=O)(=O)N[C@H]2CNC[C@@H](C(=O)NCC(c3ccccc3)c3ccccc3)C2)cc1. The summed E-state index contributed by atoms with van der Waals surface area (Å²) in [5.41, 5.74) is 2.63. The zero-order valence-corrected chi connectivity index (χ0v) is 20.0. The minimum absolute atomic E-state index is 0.0172. The number of hydrogen-bond donors (Lipinski definition) is 3. The van der Waals surface area contributed by atoms with E-state index in [1.165, 1.54) is 24.3 Å². The van der Waals surface area contributed by atoms with Crippen LogP contribution in [0.1, 0.15) is 29.0 Å². The van der Waals surface area contributed by atoms with Gasteiger partial charge in [0.2, 0.25) is 15.9 Å². The topological polar surface area (TPSA) is 111 Å². The van der Waals surface area contributed by atoms with Crippen molar-refractivity contribution in [1.29, 1.82) is 5.26 Å². The fourth-order valence-electron chi connectivity index (χ4n) is 4.37. The van der Waals surface area contributed by atoms with E-state index in [1.54, 1.807) is 0 Å². The maximum atomic E-state index is 13.1. The van der Waals surface area contributed by atoms with Gasteiger partial charge in [-0.3, -0.25) is 4.79 Å². The van der Waals surface area contributed by atoms with Crippen molar-refractivity contribution < 1.29 is 13.2 Å². The molecule has 0 bridgehead atoms. The van der Waals surface area contributed by atoms with Crippen LogP contribution in [0.15, 0.2) is 89.8 Å². The lowest BCUT2D eigenvalue weighted by Gasteiger charge is -2.30. The van der Waals surface area contributed by atoms with Crippen LogP contribution in [0.2, 0.25) is 0 Å². The summed E-state index contributed by atoms with van der Waals surface area (Å²) in [5, 5.41) is 15.2. The van der Waals surface area contributed by atoms with Gasteiger partial charge in [-0.2, -0.15) is 5.26 Å². The largest absolute Gasteiger partial charge is 0.355 e. The molecule has 1 saturated heterocycles. The van der Waals surface area contributed by atoms with Gasteiger partial charge in [0.1, 0.15) is 0 Å². The molecule has 3 N–H and O–H groups in total. The Bertz CT molecular complexity index is 1230. The second-order valence-electron chi connectivity index (χ2n) is 8.66. The number of nitrogens with zero attached hydrogens (tertiary/aromatic N) is 1. The van der Waals surface area contributed by atoms with Gasteiger partial charge in [-0.25, -0.2) is 13.1 Å². The molecule has 0 radical (unpaired) electrons. The van der Waals surface area contributed by atoms with Gasteiger partial charge < -0.3 is 10.6 Å².